The van der Waals surface area contributed by atoms with E-state index in [1.165, 1.54) is 19.2 Å². The molecule has 0 bridgehead atoms. The summed E-state index contributed by atoms with van der Waals surface area (Å²) >= 11 is 1.62. The summed E-state index contributed by atoms with van der Waals surface area (Å²) < 4.78 is 52.0. The van der Waals surface area contributed by atoms with E-state index in [9.17, 15) is 12.8 Å². The van der Waals surface area contributed by atoms with Crippen LogP contribution in [0.25, 0.3) is 0 Å². The van der Waals surface area contributed by atoms with Gasteiger partial charge in [0.1, 0.15) is 0 Å². The molecule has 1 aromatic heterocycles. The number of halogens is 1. The Balaban J connectivity index is 1.81. The molecule has 0 amide bonds. The SMILES string of the molecule is COc1ccc(S(=O)(=O)NCC2(c3cccs3)CCOCC2)cc1F. The summed E-state index contributed by atoms with van der Waals surface area (Å²) in [5.74, 6) is -0.692. The number of methoxy groups -OCH3 is 1. The molecule has 0 saturated carbocycles. The minimum atomic E-state index is -3.82. The Hall–Kier alpha value is -1.48. The highest BCUT2D eigenvalue weighted by Crippen LogP contribution is 2.37. The lowest BCUT2D eigenvalue weighted by Gasteiger charge is -2.36. The quantitative estimate of drug-likeness (QED) is 0.830. The average Bonchev–Trinajstić information content (AvgIpc) is 3.16. The van der Waals surface area contributed by atoms with Crippen LogP contribution in [-0.4, -0.2) is 35.3 Å². The van der Waals surface area contributed by atoms with E-state index in [4.69, 9.17) is 9.47 Å². The van der Waals surface area contributed by atoms with Crippen molar-refractivity contribution in [2.24, 2.45) is 0 Å². The molecule has 136 valence electrons. The Labute approximate surface area is 150 Å². The zero-order valence-corrected chi connectivity index (χ0v) is 15.5. The standard InChI is InChI=1S/C17H20FNO4S2/c1-22-15-5-4-13(11-14(15)18)25(20,21)19-12-17(6-8-23-9-7-17)16-3-2-10-24-16/h2-5,10-11,19H,6-9,12H2,1H3. The van der Waals surface area contributed by atoms with Gasteiger partial charge in [-0.25, -0.2) is 17.5 Å². The molecule has 1 saturated heterocycles. The Morgan fingerprint density at radius 2 is 2.08 bits per heavy atom. The van der Waals surface area contributed by atoms with Gasteiger partial charge in [-0.2, -0.15) is 0 Å². The van der Waals surface area contributed by atoms with Gasteiger partial charge in [-0.1, -0.05) is 6.07 Å². The average molecular weight is 385 g/mol. The predicted octanol–water partition coefficient (Wildman–Crippen LogP) is 2.92. The highest BCUT2D eigenvalue weighted by atomic mass is 32.2. The van der Waals surface area contributed by atoms with Crippen molar-refractivity contribution in [2.45, 2.75) is 23.2 Å². The zero-order valence-electron chi connectivity index (χ0n) is 13.8. The van der Waals surface area contributed by atoms with Crippen molar-refractivity contribution in [3.05, 3.63) is 46.4 Å². The summed E-state index contributed by atoms with van der Waals surface area (Å²) in [6.07, 6.45) is 1.49. The summed E-state index contributed by atoms with van der Waals surface area (Å²) in [6, 6.07) is 7.62. The van der Waals surface area contributed by atoms with Crippen molar-refractivity contribution in [2.75, 3.05) is 26.9 Å². The highest BCUT2D eigenvalue weighted by Gasteiger charge is 2.36. The van der Waals surface area contributed by atoms with E-state index in [2.05, 4.69) is 4.72 Å². The third-order valence-electron chi connectivity index (χ3n) is 4.53. The van der Waals surface area contributed by atoms with E-state index in [-0.39, 0.29) is 22.6 Å². The fraction of sp³-hybridized carbons (Fsp3) is 0.412. The van der Waals surface area contributed by atoms with Gasteiger partial charge < -0.3 is 9.47 Å². The molecule has 0 radical (unpaired) electrons. The minimum Gasteiger partial charge on any atom is -0.494 e. The zero-order chi connectivity index (χ0) is 17.9. The lowest BCUT2D eigenvalue weighted by Crippen LogP contribution is -2.44. The molecule has 0 aliphatic carbocycles. The van der Waals surface area contributed by atoms with Crippen LogP contribution in [-0.2, 0) is 20.2 Å². The molecule has 1 fully saturated rings. The Morgan fingerprint density at radius 3 is 2.68 bits per heavy atom. The van der Waals surface area contributed by atoms with Crippen LogP contribution in [0, 0.1) is 5.82 Å². The third kappa shape index (κ3) is 3.87. The van der Waals surface area contributed by atoms with Crippen LogP contribution in [0.2, 0.25) is 0 Å². The summed E-state index contributed by atoms with van der Waals surface area (Å²) in [4.78, 5) is 1.03. The van der Waals surface area contributed by atoms with Crippen LogP contribution in [0.1, 0.15) is 17.7 Å². The van der Waals surface area contributed by atoms with Crippen LogP contribution in [0.4, 0.5) is 4.39 Å². The number of benzene rings is 1. The number of ether oxygens (including phenoxy) is 2. The first kappa shape index (κ1) is 18.3. The van der Waals surface area contributed by atoms with Gasteiger partial charge >= 0.3 is 0 Å². The number of sulfonamides is 1. The maximum Gasteiger partial charge on any atom is 0.240 e. The van der Waals surface area contributed by atoms with E-state index in [0.29, 0.717) is 13.2 Å². The Bertz CT molecular complexity index is 815. The highest BCUT2D eigenvalue weighted by molar-refractivity contribution is 7.89. The lowest BCUT2D eigenvalue weighted by molar-refractivity contribution is 0.0529. The first-order chi connectivity index (χ1) is 12.0. The van der Waals surface area contributed by atoms with Crippen LogP contribution in [0.5, 0.6) is 5.75 Å². The topological polar surface area (TPSA) is 64.6 Å². The van der Waals surface area contributed by atoms with Crippen molar-refractivity contribution < 1.29 is 22.3 Å². The van der Waals surface area contributed by atoms with Crippen molar-refractivity contribution in [1.29, 1.82) is 0 Å². The van der Waals surface area contributed by atoms with Gasteiger partial charge in [-0.3, -0.25) is 0 Å². The summed E-state index contributed by atoms with van der Waals surface area (Å²) in [6.45, 7) is 1.44. The monoisotopic (exact) mass is 385 g/mol. The lowest BCUT2D eigenvalue weighted by atomic mass is 9.79. The maximum atomic E-state index is 13.8. The summed E-state index contributed by atoms with van der Waals surface area (Å²) in [7, 11) is -2.48. The number of rotatable bonds is 6. The van der Waals surface area contributed by atoms with Gasteiger partial charge in [-0.15, -0.1) is 11.3 Å². The normalized spacial score (nSPS) is 17.4. The van der Waals surface area contributed by atoms with E-state index >= 15 is 0 Å². The molecule has 25 heavy (non-hydrogen) atoms. The van der Waals surface area contributed by atoms with Gasteiger partial charge in [-0.05, 0) is 42.5 Å². The Kier molecular flexibility index (Phi) is 5.43. The fourth-order valence-electron chi connectivity index (χ4n) is 2.98. The van der Waals surface area contributed by atoms with Crippen LogP contribution in [0.15, 0.2) is 40.6 Å². The molecule has 8 heteroatoms. The number of hydrogen-bond acceptors (Lipinski definition) is 5. The number of nitrogens with one attached hydrogen (secondary N) is 1. The predicted molar refractivity (Wildman–Crippen MR) is 94.2 cm³/mol. The van der Waals surface area contributed by atoms with Gasteiger partial charge in [0.25, 0.3) is 0 Å². The molecule has 1 aromatic carbocycles. The molecule has 2 heterocycles. The van der Waals surface area contributed by atoms with E-state index in [0.717, 1.165) is 23.8 Å². The second kappa shape index (κ2) is 7.41. The number of thiophene rings is 1. The Morgan fingerprint density at radius 1 is 1.32 bits per heavy atom. The van der Waals surface area contributed by atoms with Crippen molar-refractivity contribution in [3.8, 4) is 5.75 Å². The fourth-order valence-corrected chi connectivity index (χ4v) is 5.11. The van der Waals surface area contributed by atoms with Gasteiger partial charge in [0.05, 0.1) is 12.0 Å². The van der Waals surface area contributed by atoms with Crippen LogP contribution < -0.4 is 9.46 Å². The molecule has 1 N–H and O–H groups in total. The smallest absolute Gasteiger partial charge is 0.240 e. The molecule has 5 nitrogen and oxygen atoms in total. The maximum absolute atomic E-state index is 13.8. The largest absolute Gasteiger partial charge is 0.494 e. The first-order valence-corrected chi connectivity index (χ1v) is 10.3. The summed E-state index contributed by atoms with van der Waals surface area (Å²) in [5, 5.41) is 1.99. The molecule has 2 aromatic rings. The molecule has 1 aliphatic rings. The minimum absolute atomic E-state index is 0.0124. The van der Waals surface area contributed by atoms with Crippen molar-refractivity contribution in [3.63, 3.8) is 0 Å². The molecule has 0 unspecified atom stereocenters. The van der Waals surface area contributed by atoms with E-state index in [1.54, 1.807) is 11.3 Å². The second-order valence-corrected chi connectivity index (χ2v) is 8.71. The van der Waals surface area contributed by atoms with Gasteiger partial charge in [0.15, 0.2) is 11.6 Å². The van der Waals surface area contributed by atoms with Gasteiger partial charge in [0.2, 0.25) is 10.0 Å². The third-order valence-corrected chi connectivity index (χ3v) is 7.04. The van der Waals surface area contributed by atoms with E-state index in [1.807, 2.05) is 17.5 Å². The van der Waals surface area contributed by atoms with Crippen molar-refractivity contribution >= 4 is 21.4 Å². The molecule has 0 spiro atoms. The number of hydrogen-bond donors (Lipinski definition) is 1. The van der Waals surface area contributed by atoms with Crippen LogP contribution in [0.3, 0.4) is 0 Å². The molecule has 1 aliphatic heterocycles. The van der Waals surface area contributed by atoms with Gasteiger partial charge in [0, 0.05) is 30.1 Å². The van der Waals surface area contributed by atoms with Crippen molar-refractivity contribution in [1.82, 2.24) is 4.72 Å². The molecule has 0 atom stereocenters. The summed E-state index contributed by atoms with van der Waals surface area (Å²) in [5.41, 5.74) is -0.287. The van der Waals surface area contributed by atoms with E-state index < -0.39 is 15.8 Å². The molecule has 3 rings (SSSR count). The first-order valence-electron chi connectivity index (χ1n) is 7.92. The van der Waals surface area contributed by atoms with Crippen LogP contribution >= 0.6 is 11.3 Å². The second-order valence-electron chi connectivity index (χ2n) is 5.99. The molecular weight excluding hydrogens is 365 g/mol. The molecular formula is C17H20FNO4S2.